The van der Waals surface area contributed by atoms with Gasteiger partial charge in [0, 0.05) is 12.8 Å². The van der Waals surface area contributed by atoms with E-state index in [1.165, 1.54) is 347 Å². The van der Waals surface area contributed by atoms with E-state index in [0.29, 0.717) is 19.4 Å². The van der Waals surface area contributed by atoms with Crippen molar-refractivity contribution in [1.82, 2.24) is 5.32 Å². The van der Waals surface area contributed by atoms with Crippen molar-refractivity contribution in [2.45, 2.75) is 443 Å². The molecule has 6 nitrogen and oxygen atoms in total. The molecular weight excluding hydrogens is 1090 g/mol. The zero-order valence-corrected chi connectivity index (χ0v) is 59.9. The number of rotatable bonds is 75. The van der Waals surface area contributed by atoms with E-state index in [1.54, 1.807) is 6.08 Å². The van der Waals surface area contributed by atoms with Crippen LogP contribution in [-0.4, -0.2) is 47.4 Å². The van der Waals surface area contributed by atoms with Crippen molar-refractivity contribution in [1.29, 1.82) is 0 Å². The molecule has 0 aromatic heterocycles. The van der Waals surface area contributed by atoms with Gasteiger partial charge in [-0.25, -0.2) is 0 Å². The summed E-state index contributed by atoms with van der Waals surface area (Å²) in [6, 6.07) is -0.630. The molecule has 6 heteroatoms. The van der Waals surface area contributed by atoms with Crippen LogP contribution >= 0.6 is 0 Å². The van der Waals surface area contributed by atoms with Crippen LogP contribution in [0.3, 0.4) is 0 Å². The lowest BCUT2D eigenvalue weighted by atomic mass is 10.0. The molecule has 0 aromatic carbocycles. The van der Waals surface area contributed by atoms with Gasteiger partial charge < -0.3 is 20.3 Å². The zero-order chi connectivity index (χ0) is 64.2. The highest BCUT2D eigenvalue weighted by atomic mass is 16.5. The van der Waals surface area contributed by atoms with Gasteiger partial charge in [0.1, 0.15) is 0 Å². The van der Waals surface area contributed by atoms with Gasteiger partial charge in [-0.1, -0.05) is 383 Å². The topological polar surface area (TPSA) is 95.9 Å². The largest absolute Gasteiger partial charge is 0.466 e. The van der Waals surface area contributed by atoms with E-state index in [0.717, 1.165) is 57.8 Å². The van der Waals surface area contributed by atoms with Crippen molar-refractivity contribution in [3.63, 3.8) is 0 Å². The summed E-state index contributed by atoms with van der Waals surface area (Å²) in [5.41, 5.74) is 0. The molecule has 0 saturated carbocycles. The first kappa shape index (κ1) is 86.6. The fraction of sp³-hybridized carbons (Fsp3) is 0.855. The molecule has 0 aliphatic rings. The number of nitrogens with one attached hydrogen (secondary N) is 1. The summed E-state index contributed by atoms with van der Waals surface area (Å²) in [7, 11) is 0. The Balaban J connectivity index is 3.42. The number of allylic oxidation sites excluding steroid dienone is 9. The average molecular weight is 1250 g/mol. The van der Waals surface area contributed by atoms with Gasteiger partial charge in [0.05, 0.1) is 25.4 Å². The summed E-state index contributed by atoms with van der Waals surface area (Å²) in [6.07, 6.45) is 105. The van der Waals surface area contributed by atoms with E-state index in [2.05, 4.69) is 67.8 Å². The van der Waals surface area contributed by atoms with E-state index < -0.39 is 12.1 Å². The fourth-order valence-corrected chi connectivity index (χ4v) is 12.4. The second-order valence-corrected chi connectivity index (χ2v) is 27.4. The Hall–Kier alpha value is -2.44. The summed E-state index contributed by atoms with van der Waals surface area (Å²) in [5.74, 6) is -0.0578. The van der Waals surface area contributed by atoms with Gasteiger partial charge in [0.15, 0.2) is 0 Å². The van der Waals surface area contributed by atoms with Crippen LogP contribution in [0.25, 0.3) is 0 Å². The van der Waals surface area contributed by atoms with Crippen molar-refractivity contribution < 1.29 is 24.5 Å². The molecule has 0 heterocycles. The van der Waals surface area contributed by atoms with E-state index in [1.807, 2.05) is 6.08 Å². The van der Waals surface area contributed by atoms with Crippen molar-refractivity contribution in [3.8, 4) is 0 Å². The molecule has 0 rings (SSSR count). The summed E-state index contributed by atoms with van der Waals surface area (Å²) in [4.78, 5) is 24.7. The number of esters is 1. The van der Waals surface area contributed by atoms with Crippen molar-refractivity contribution in [2.75, 3.05) is 13.2 Å². The smallest absolute Gasteiger partial charge is 0.305 e. The number of hydrogen-bond donors (Lipinski definition) is 3. The van der Waals surface area contributed by atoms with E-state index in [-0.39, 0.29) is 18.5 Å². The third kappa shape index (κ3) is 74.5. The third-order valence-corrected chi connectivity index (χ3v) is 18.5. The number of aliphatic hydroxyl groups excluding tert-OH is 2. The minimum Gasteiger partial charge on any atom is -0.466 e. The fourth-order valence-electron chi connectivity index (χ4n) is 12.4. The summed E-state index contributed by atoms with van der Waals surface area (Å²) >= 11 is 0. The molecule has 0 spiro atoms. The van der Waals surface area contributed by atoms with Gasteiger partial charge in [0.25, 0.3) is 0 Å². The molecule has 89 heavy (non-hydrogen) atoms. The SMILES string of the molecule is CCCCC/C=C\C/C=C\CCCCCCCCCC(=O)OCCCCCCCCCCC/C=C\C/C=C\CCCCCCCCCCCCCCCCCC(=O)NC(CO)C(O)/C=C/CCCCCCCCCCCCCCCCCCCCCCCC. The van der Waals surface area contributed by atoms with Gasteiger partial charge in [0.2, 0.25) is 5.91 Å². The molecular formula is C83H155NO5. The first-order chi connectivity index (χ1) is 44.0. The number of ether oxygens (including phenoxy) is 1. The normalized spacial score (nSPS) is 12.8. The van der Waals surface area contributed by atoms with E-state index in [9.17, 15) is 19.8 Å². The van der Waals surface area contributed by atoms with Crippen molar-refractivity contribution >= 4 is 11.9 Å². The van der Waals surface area contributed by atoms with Gasteiger partial charge in [-0.2, -0.15) is 0 Å². The minimum absolute atomic E-state index is 0.00540. The van der Waals surface area contributed by atoms with Crippen LogP contribution in [0, 0.1) is 0 Å². The highest BCUT2D eigenvalue weighted by Crippen LogP contribution is 2.19. The lowest BCUT2D eigenvalue weighted by molar-refractivity contribution is -0.143. The van der Waals surface area contributed by atoms with E-state index in [4.69, 9.17) is 4.74 Å². The second kappa shape index (κ2) is 78.0. The third-order valence-electron chi connectivity index (χ3n) is 18.5. The van der Waals surface area contributed by atoms with Crippen LogP contribution in [0.2, 0.25) is 0 Å². The van der Waals surface area contributed by atoms with Gasteiger partial charge >= 0.3 is 5.97 Å². The maximum absolute atomic E-state index is 12.6. The van der Waals surface area contributed by atoms with Gasteiger partial charge in [-0.05, 0) is 96.3 Å². The first-order valence-corrected chi connectivity index (χ1v) is 40.1. The molecule has 0 bridgehead atoms. The lowest BCUT2D eigenvalue weighted by Crippen LogP contribution is -2.45. The Bertz CT molecular complexity index is 1530. The van der Waals surface area contributed by atoms with Crippen molar-refractivity contribution in [2.24, 2.45) is 0 Å². The Kier molecular flexibility index (Phi) is 75.9. The molecule has 0 radical (unpaired) electrons. The van der Waals surface area contributed by atoms with Gasteiger partial charge in [-0.3, -0.25) is 9.59 Å². The molecule has 0 aliphatic carbocycles. The van der Waals surface area contributed by atoms with Crippen LogP contribution in [0.1, 0.15) is 431 Å². The predicted molar refractivity (Wildman–Crippen MR) is 393 cm³/mol. The Morgan fingerprint density at radius 3 is 0.876 bits per heavy atom. The number of amides is 1. The number of carbonyl (C=O) groups excluding carboxylic acids is 2. The molecule has 0 fully saturated rings. The van der Waals surface area contributed by atoms with Crippen molar-refractivity contribution in [3.05, 3.63) is 60.8 Å². The number of hydrogen-bond acceptors (Lipinski definition) is 5. The molecule has 0 aromatic rings. The van der Waals surface area contributed by atoms with Crippen LogP contribution < -0.4 is 5.32 Å². The average Bonchev–Trinajstić information content (AvgIpc) is 3.64. The van der Waals surface area contributed by atoms with Gasteiger partial charge in [-0.15, -0.1) is 0 Å². The zero-order valence-electron chi connectivity index (χ0n) is 59.9. The number of aliphatic hydroxyl groups is 2. The van der Waals surface area contributed by atoms with Crippen LogP contribution in [0.4, 0.5) is 0 Å². The van der Waals surface area contributed by atoms with Crippen LogP contribution in [0.5, 0.6) is 0 Å². The molecule has 2 unspecified atom stereocenters. The maximum Gasteiger partial charge on any atom is 0.305 e. The first-order valence-electron chi connectivity index (χ1n) is 40.1. The summed E-state index contributed by atoms with van der Waals surface area (Å²) < 4.78 is 5.50. The molecule has 2 atom stereocenters. The predicted octanol–water partition coefficient (Wildman–Crippen LogP) is 26.5. The minimum atomic E-state index is -0.847. The number of carbonyl (C=O) groups is 2. The Morgan fingerprint density at radius 1 is 0.315 bits per heavy atom. The molecule has 0 saturated heterocycles. The molecule has 3 N–H and O–H groups in total. The lowest BCUT2D eigenvalue weighted by Gasteiger charge is -2.20. The molecule has 0 aliphatic heterocycles. The monoisotopic (exact) mass is 1250 g/mol. The molecule has 522 valence electrons. The molecule has 1 amide bonds. The van der Waals surface area contributed by atoms with Crippen LogP contribution in [0.15, 0.2) is 60.8 Å². The highest BCUT2D eigenvalue weighted by molar-refractivity contribution is 5.76. The second-order valence-electron chi connectivity index (χ2n) is 27.4. The number of unbranched alkanes of at least 4 members (excludes halogenated alkanes) is 56. The standard InChI is InChI=1S/C83H155NO5/c1-3-5-7-9-11-13-15-17-19-21-22-23-24-34-37-40-44-47-51-55-59-63-67-71-75-81(86)80(79-85)84-82(87)76-72-68-64-60-56-52-48-45-41-38-35-32-30-28-26-25-27-29-31-33-36-39-42-46-50-54-58-62-66-70-74-78-89-83(88)77-73-69-65-61-57-53-49-43-20-18-16-14-12-10-8-6-4-2/h12,14,18,20,27,29,33,36,71,75,80-81,85-86H,3-11,13,15-17,19,21-26,28,30-32,34-35,37-70,72-74,76-79H2,1-2H3,(H,84,87)/b14-12-,20-18-,29-27-,36-33-,75-71+. The van der Waals surface area contributed by atoms with Crippen LogP contribution in [-0.2, 0) is 14.3 Å². The quantitative estimate of drug-likeness (QED) is 0.0320. The van der Waals surface area contributed by atoms with E-state index >= 15 is 0 Å². The Labute approximate surface area is 556 Å². The highest BCUT2D eigenvalue weighted by Gasteiger charge is 2.18. The summed E-state index contributed by atoms with van der Waals surface area (Å²) in [6.45, 7) is 4.91. The Morgan fingerprint density at radius 2 is 0.562 bits per heavy atom. The maximum atomic E-state index is 12.6. The summed E-state index contributed by atoms with van der Waals surface area (Å²) in [5, 5.41) is 23.3.